The average Bonchev–Trinajstić information content (AvgIpc) is 2.28. The summed E-state index contributed by atoms with van der Waals surface area (Å²) < 4.78 is 5.51. The maximum Gasteiger partial charge on any atom is 0.221 e. The molecular weight excluding hydrogens is 212 g/mol. The van der Waals surface area contributed by atoms with Crippen molar-refractivity contribution in [3.05, 3.63) is 30.5 Å². The van der Waals surface area contributed by atoms with Crippen LogP contribution in [0.4, 0.5) is 5.69 Å². The lowest BCUT2D eigenvalue weighted by Gasteiger charge is -2.11. The fourth-order valence-electron chi connectivity index (χ4n) is 1.83. The third-order valence-electron chi connectivity index (χ3n) is 2.46. The molecule has 1 heterocycles. The van der Waals surface area contributed by atoms with E-state index in [1.807, 2.05) is 13.0 Å². The van der Waals surface area contributed by atoms with E-state index in [1.165, 1.54) is 0 Å². The molecule has 0 amide bonds. The van der Waals surface area contributed by atoms with E-state index in [9.17, 15) is 0 Å². The van der Waals surface area contributed by atoms with Crippen LogP contribution in [0.1, 0.15) is 20.8 Å². The predicted molar refractivity (Wildman–Crippen MR) is 71.7 cm³/mol. The summed E-state index contributed by atoms with van der Waals surface area (Å²) in [4.78, 5) is 4.24. The van der Waals surface area contributed by atoms with Crippen LogP contribution in [0, 0.1) is 0 Å². The van der Waals surface area contributed by atoms with Crippen LogP contribution < -0.4 is 10.1 Å². The van der Waals surface area contributed by atoms with Gasteiger partial charge in [-0.05, 0) is 50.4 Å². The first-order chi connectivity index (χ1) is 8.20. The van der Waals surface area contributed by atoms with Gasteiger partial charge in [-0.25, -0.2) is 4.98 Å². The van der Waals surface area contributed by atoms with Crippen molar-refractivity contribution < 1.29 is 4.74 Å². The smallest absolute Gasteiger partial charge is 0.221 e. The van der Waals surface area contributed by atoms with E-state index in [-0.39, 0.29) is 0 Å². The van der Waals surface area contributed by atoms with Gasteiger partial charge in [0.05, 0.1) is 6.61 Å². The van der Waals surface area contributed by atoms with E-state index in [2.05, 4.69) is 42.3 Å². The van der Waals surface area contributed by atoms with Crippen LogP contribution in [0.3, 0.4) is 0 Å². The molecule has 1 aromatic heterocycles. The van der Waals surface area contributed by atoms with Gasteiger partial charge in [-0.2, -0.15) is 0 Å². The van der Waals surface area contributed by atoms with Crippen molar-refractivity contribution in [1.29, 1.82) is 0 Å². The second-order valence-corrected chi connectivity index (χ2v) is 4.28. The quantitative estimate of drug-likeness (QED) is 0.873. The van der Waals surface area contributed by atoms with Gasteiger partial charge in [-0.3, -0.25) is 0 Å². The van der Waals surface area contributed by atoms with E-state index in [4.69, 9.17) is 4.74 Å². The average molecular weight is 230 g/mol. The predicted octanol–water partition coefficient (Wildman–Crippen LogP) is 3.45. The Kier molecular flexibility index (Phi) is 3.47. The Morgan fingerprint density at radius 3 is 2.82 bits per heavy atom. The highest BCUT2D eigenvalue weighted by atomic mass is 16.5. The highest BCUT2D eigenvalue weighted by Gasteiger charge is 2.04. The van der Waals surface area contributed by atoms with Gasteiger partial charge in [0, 0.05) is 23.3 Å². The van der Waals surface area contributed by atoms with Crippen molar-refractivity contribution in [3.8, 4) is 5.88 Å². The van der Waals surface area contributed by atoms with E-state index in [0.29, 0.717) is 18.5 Å². The lowest BCUT2D eigenvalue weighted by Crippen LogP contribution is -2.09. The Bertz CT molecular complexity index is 509. The summed E-state index contributed by atoms with van der Waals surface area (Å²) in [5.74, 6) is 0.709. The Morgan fingerprint density at radius 2 is 2.12 bits per heavy atom. The van der Waals surface area contributed by atoms with Gasteiger partial charge in [0.15, 0.2) is 0 Å². The van der Waals surface area contributed by atoms with Gasteiger partial charge in [0.25, 0.3) is 0 Å². The summed E-state index contributed by atoms with van der Waals surface area (Å²) >= 11 is 0. The maximum absolute atomic E-state index is 5.51. The Hall–Kier alpha value is -1.77. The van der Waals surface area contributed by atoms with Crippen LogP contribution in [-0.2, 0) is 0 Å². The van der Waals surface area contributed by atoms with Crippen molar-refractivity contribution in [2.75, 3.05) is 11.9 Å². The monoisotopic (exact) mass is 230 g/mol. The molecule has 3 nitrogen and oxygen atoms in total. The number of hydrogen-bond donors (Lipinski definition) is 1. The highest BCUT2D eigenvalue weighted by Crippen LogP contribution is 2.26. The van der Waals surface area contributed by atoms with Gasteiger partial charge in [-0.15, -0.1) is 0 Å². The summed E-state index contributed by atoms with van der Waals surface area (Å²) in [5, 5.41) is 5.59. The number of pyridine rings is 1. The van der Waals surface area contributed by atoms with Crippen LogP contribution in [0.2, 0.25) is 0 Å². The molecule has 0 aliphatic heterocycles. The van der Waals surface area contributed by atoms with Crippen molar-refractivity contribution in [2.24, 2.45) is 0 Å². The number of fused-ring (bicyclic) bond motifs is 1. The first-order valence-electron chi connectivity index (χ1n) is 5.99. The van der Waals surface area contributed by atoms with Gasteiger partial charge in [0.1, 0.15) is 0 Å². The molecule has 2 aromatic rings. The molecule has 1 N–H and O–H groups in total. The molecule has 0 aliphatic carbocycles. The van der Waals surface area contributed by atoms with Crippen molar-refractivity contribution >= 4 is 16.5 Å². The third-order valence-corrected chi connectivity index (χ3v) is 2.46. The number of nitrogens with zero attached hydrogens (tertiary/aromatic N) is 1. The van der Waals surface area contributed by atoms with E-state index in [0.717, 1.165) is 16.5 Å². The molecule has 0 fully saturated rings. The number of nitrogens with one attached hydrogen (secondary N) is 1. The fraction of sp³-hybridized carbons (Fsp3) is 0.357. The number of hydrogen-bond acceptors (Lipinski definition) is 3. The van der Waals surface area contributed by atoms with E-state index < -0.39 is 0 Å². The lowest BCUT2D eigenvalue weighted by atomic mass is 10.1. The minimum Gasteiger partial charge on any atom is -0.478 e. The van der Waals surface area contributed by atoms with E-state index >= 15 is 0 Å². The van der Waals surface area contributed by atoms with Gasteiger partial charge in [-0.1, -0.05) is 0 Å². The molecule has 0 unspecified atom stereocenters. The zero-order valence-corrected chi connectivity index (χ0v) is 10.5. The third kappa shape index (κ3) is 2.67. The molecule has 90 valence electrons. The number of ether oxygens (including phenoxy) is 1. The normalized spacial score (nSPS) is 10.8. The SMILES string of the molecule is CCOc1nccc2cc(NC(C)C)ccc12. The van der Waals surface area contributed by atoms with Crippen LogP contribution >= 0.6 is 0 Å². The van der Waals surface area contributed by atoms with Gasteiger partial charge >= 0.3 is 0 Å². The second-order valence-electron chi connectivity index (χ2n) is 4.28. The molecule has 0 aliphatic rings. The van der Waals surface area contributed by atoms with Crippen LogP contribution in [-0.4, -0.2) is 17.6 Å². The maximum atomic E-state index is 5.51. The summed E-state index contributed by atoms with van der Waals surface area (Å²) in [6.07, 6.45) is 1.78. The number of aromatic nitrogens is 1. The minimum absolute atomic E-state index is 0.431. The molecule has 17 heavy (non-hydrogen) atoms. The molecule has 0 radical (unpaired) electrons. The standard InChI is InChI=1S/C14H18N2O/c1-4-17-14-13-6-5-12(16-10(2)3)9-11(13)7-8-15-14/h5-10,16H,4H2,1-3H3. The highest BCUT2D eigenvalue weighted by molar-refractivity contribution is 5.89. The summed E-state index contributed by atoms with van der Waals surface area (Å²) in [7, 11) is 0. The zero-order chi connectivity index (χ0) is 12.3. The van der Waals surface area contributed by atoms with Gasteiger partial charge < -0.3 is 10.1 Å². The zero-order valence-electron chi connectivity index (χ0n) is 10.5. The van der Waals surface area contributed by atoms with Crippen molar-refractivity contribution in [3.63, 3.8) is 0 Å². The molecule has 3 heteroatoms. The van der Waals surface area contributed by atoms with Crippen LogP contribution in [0.25, 0.3) is 10.8 Å². The molecule has 2 rings (SSSR count). The first kappa shape index (κ1) is 11.7. The first-order valence-corrected chi connectivity index (χ1v) is 5.99. The molecule has 0 saturated carbocycles. The minimum atomic E-state index is 0.431. The van der Waals surface area contributed by atoms with Crippen LogP contribution in [0.5, 0.6) is 5.88 Å². The van der Waals surface area contributed by atoms with Crippen molar-refractivity contribution in [2.45, 2.75) is 26.8 Å². The Morgan fingerprint density at radius 1 is 1.29 bits per heavy atom. The van der Waals surface area contributed by atoms with Gasteiger partial charge in [0.2, 0.25) is 5.88 Å². The lowest BCUT2D eigenvalue weighted by molar-refractivity contribution is 0.331. The van der Waals surface area contributed by atoms with Crippen LogP contribution in [0.15, 0.2) is 30.5 Å². The molecule has 0 saturated heterocycles. The second kappa shape index (κ2) is 5.04. The summed E-state index contributed by atoms with van der Waals surface area (Å²) in [6.45, 7) is 6.86. The number of anilines is 1. The molecule has 1 aromatic carbocycles. The Labute approximate surface area is 102 Å². The molecular formula is C14H18N2O. The summed E-state index contributed by atoms with van der Waals surface area (Å²) in [6, 6.07) is 8.67. The number of benzene rings is 1. The topological polar surface area (TPSA) is 34.1 Å². The van der Waals surface area contributed by atoms with Crippen molar-refractivity contribution in [1.82, 2.24) is 4.98 Å². The summed E-state index contributed by atoms with van der Waals surface area (Å²) in [5.41, 5.74) is 1.13. The van der Waals surface area contributed by atoms with E-state index in [1.54, 1.807) is 6.20 Å². The molecule has 0 spiro atoms. The largest absolute Gasteiger partial charge is 0.478 e. The fourth-order valence-corrected chi connectivity index (χ4v) is 1.83. The number of rotatable bonds is 4. The Balaban J connectivity index is 2.41. The molecule has 0 atom stereocenters. The molecule has 0 bridgehead atoms.